The minimum atomic E-state index is 0.688. The molecule has 0 aromatic heterocycles. The normalized spacial score (nSPS) is 13.1. The molecule has 0 aliphatic heterocycles. The quantitative estimate of drug-likeness (QED) is 0.410. The third kappa shape index (κ3) is 7.55. The van der Waals surface area contributed by atoms with E-state index in [1.54, 1.807) is 0 Å². The molecule has 1 atom stereocenters. The minimum absolute atomic E-state index is 0.688. The highest BCUT2D eigenvalue weighted by atomic mass is 16.1. The van der Waals surface area contributed by atoms with Crippen molar-refractivity contribution in [2.24, 2.45) is 0 Å². The monoisotopic (exact) mass is 213 g/mol. The number of rotatable bonds is 10. The van der Waals surface area contributed by atoms with Crippen LogP contribution in [0.3, 0.4) is 0 Å². The van der Waals surface area contributed by atoms with E-state index in [2.05, 4.69) is 25.7 Å². The summed E-state index contributed by atoms with van der Waals surface area (Å²) in [5, 5.41) is 0. The third-order valence-corrected chi connectivity index (χ3v) is 3.03. The summed E-state index contributed by atoms with van der Waals surface area (Å²) in [5.41, 5.74) is 0. The van der Waals surface area contributed by atoms with Crippen LogP contribution in [0, 0.1) is 0 Å². The van der Waals surface area contributed by atoms with Gasteiger partial charge in [0.25, 0.3) is 0 Å². The van der Waals surface area contributed by atoms with E-state index in [0.717, 1.165) is 32.1 Å². The van der Waals surface area contributed by atoms with Gasteiger partial charge in [-0.05, 0) is 45.7 Å². The lowest BCUT2D eigenvalue weighted by Crippen LogP contribution is -2.34. The average molecular weight is 213 g/mol. The van der Waals surface area contributed by atoms with Gasteiger partial charge in [-0.2, -0.15) is 0 Å². The van der Waals surface area contributed by atoms with Crippen molar-refractivity contribution >= 4 is 6.29 Å². The van der Waals surface area contributed by atoms with Crippen LogP contribution in [0.4, 0.5) is 0 Å². The summed E-state index contributed by atoms with van der Waals surface area (Å²) >= 11 is 0. The first-order chi connectivity index (χ1) is 7.26. The molecule has 0 heterocycles. The molecule has 0 amide bonds. The maximum Gasteiger partial charge on any atom is 0.119 e. The Morgan fingerprint density at radius 1 is 1.13 bits per heavy atom. The van der Waals surface area contributed by atoms with Gasteiger partial charge in [-0.3, -0.25) is 0 Å². The van der Waals surface area contributed by atoms with Gasteiger partial charge in [0.05, 0.1) is 0 Å². The first kappa shape index (κ1) is 14.6. The second kappa shape index (κ2) is 10.2. The molecule has 0 saturated heterocycles. The molecule has 2 nitrogen and oxygen atoms in total. The van der Waals surface area contributed by atoms with Crippen LogP contribution in [0.2, 0.25) is 0 Å². The van der Waals surface area contributed by atoms with Crippen molar-refractivity contribution < 1.29 is 4.79 Å². The van der Waals surface area contributed by atoms with E-state index in [1.165, 1.54) is 25.8 Å². The summed E-state index contributed by atoms with van der Waals surface area (Å²) in [5.74, 6) is 0. The smallest absolute Gasteiger partial charge is 0.119 e. The van der Waals surface area contributed by atoms with E-state index in [4.69, 9.17) is 0 Å². The molecule has 1 unspecified atom stereocenters. The van der Waals surface area contributed by atoms with Gasteiger partial charge in [0.1, 0.15) is 6.29 Å². The zero-order chi connectivity index (χ0) is 11.5. The highest BCUT2D eigenvalue weighted by Crippen LogP contribution is 2.08. The van der Waals surface area contributed by atoms with Crippen molar-refractivity contribution in [3.8, 4) is 0 Å². The Morgan fingerprint density at radius 2 is 1.80 bits per heavy atom. The van der Waals surface area contributed by atoms with Gasteiger partial charge in [-0.15, -0.1) is 0 Å². The minimum Gasteiger partial charge on any atom is -0.303 e. The summed E-state index contributed by atoms with van der Waals surface area (Å²) in [4.78, 5) is 12.8. The van der Waals surface area contributed by atoms with Crippen molar-refractivity contribution in [3.05, 3.63) is 0 Å². The van der Waals surface area contributed by atoms with E-state index in [1.807, 2.05) is 0 Å². The molecule has 0 fully saturated rings. The molecule has 0 aliphatic carbocycles. The summed E-state index contributed by atoms with van der Waals surface area (Å²) in [6.45, 7) is 9.15. The van der Waals surface area contributed by atoms with Crippen molar-refractivity contribution in [3.63, 3.8) is 0 Å². The standard InChI is InChI=1S/C13H27NO/c1-4-6-10-14(13(3)5-2)11-8-7-9-12-15/h12-13H,4-11H2,1-3H3. The predicted octanol–water partition coefficient (Wildman–Crippen LogP) is 3.26. The van der Waals surface area contributed by atoms with Crippen LogP contribution < -0.4 is 0 Å². The predicted molar refractivity (Wildman–Crippen MR) is 66.1 cm³/mol. The van der Waals surface area contributed by atoms with Gasteiger partial charge >= 0.3 is 0 Å². The van der Waals surface area contributed by atoms with Crippen LogP contribution in [0.5, 0.6) is 0 Å². The van der Waals surface area contributed by atoms with Gasteiger partial charge in [0.15, 0.2) is 0 Å². The largest absolute Gasteiger partial charge is 0.303 e. The Labute approximate surface area is 95.0 Å². The van der Waals surface area contributed by atoms with Gasteiger partial charge in [0, 0.05) is 12.5 Å². The molecule has 0 N–H and O–H groups in total. The van der Waals surface area contributed by atoms with Crippen molar-refractivity contribution in [1.29, 1.82) is 0 Å². The van der Waals surface area contributed by atoms with Crippen LogP contribution >= 0.6 is 0 Å². The molecular weight excluding hydrogens is 186 g/mol. The van der Waals surface area contributed by atoms with E-state index in [0.29, 0.717) is 6.04 Å². The number of hydrogen-bond acceptors (Lipinski definition) is 2. The number of carbonyl (C=O) groups excluding carboxylic acids is 1. The van der Waals surface area contributed by atoms with Gasteiger partial charge < -0.3 is 9.69 Å². The molecule has 0 aliphatic rings. The summed E-state index contributed by atoms with van der Waals surface area (Å²) < 4.78 is 0. The van der Waals surface area contributed by atoms with Gasteiger partial charge in [-0.1, -0.05) is 20.3 Å². The topological polar surface area (TPSA) is 20.3 Å². The Kier molecular flexibility index (Phi) is 9.91. The van der Waals surface area contributed by atoms with Gasteiger partial charge in [0.2, 0.25) is 0 Å². The van der Waals surface area contributed by atoms with Crippen molar-refractivity contribution in [1.82, 2.24) is 4.90 Å². The number of aldehydes is 1. The van der Waals surface area contributed by atoms with Crippen LogP contribution in [-0.4, -0.2) is 30.3 Å². The number of carbonyl (C=O) groups is 1. The molecule has 0 saturated carbocycles. The third-order valence-electron chi connectivity index (χ3n) is 3.03. The molecule has 0 radical (unpaired) electrons. The first-order valence-corrected chi connectivity index (χ1v) is 6.43. The molecule has 0 rings (SSSR count). The second-order valence-electron chi connectivity index (χ2n) is 4.31. The molecule has 2 heteroatoms. The summed E-state index contributed by atoms with van der Waals surface area (Å²) in [7, 11) is 0. The fraction of sp³-hybridized carbons (Fsp3) is 0.923. The Hall–Kier alpha value is -0.370. The summed E-state index contributed by atoms with van der Waals surface area (Å²) in [6.07, 6.45) is 7.73. The number of unbranched alkanes of at least 4 members (excludes halogenated alkanes) is 3. The SMILES string of the molecule is CCCCN(CCCCC=O)C(C)CC. The Morgan fingerprint density at radius 3 is 2.33 bits per heavy atom. The first-order valence-electron chi connectivity index (χ1n) is 6.43. The highest BCUT2D eigenvalue weighted by molar-refractivity contribution is 5.48. The fourth-order valence-electron chi connectivity index (χ4n) is 1.71. The molecule has 0 bridgehead atoms. The lowest BCUT2D eigenvalue weighted by atomic mass is 10.1. The maximum atomic E-state index is 10.2. The maximum absolute atomic E-state index is 10.2. The Bertz CT molecular complexity index is 147. The fourth-order valence-corrected chi connectivity index (χ4v) is 1.71. The van der Waals surface area contributed by atoms with E-state index in [-0.39, 0.29) is 0 Å². The van der Waals surface area contributed by atoms with Crippen LogP contribution in [-0.2, 0) is 4.79 Å². The van der Waals surface area contributed by atoms with Crippen LogP contribution in [0.25, 0.3) is 0 Å². The second-order valence-corrected chi connectivity index (χ2v) is 4.31. The lowest BCUT2D eigenvalue weighted by Gasteiger charge is -2.28. The summed E-state index contributed by atoms with van der Waals surface area (Å²) in [6, 6.07) is 0.688. The lowest BCUT2D eigenvalue weighted by molar-refractivity contribution is -0.107. The zero-order valence-corrected chi connectivity index (χ0v) is 10.7. The molecular formula is C13H27NO. The van der Waals surface area contributed by atoms with Gasteiger partial charge in [-0.25, -0.2) is 0 Å². The molecule has 0 spiro atoms. The molecule has 0 aromatic carbocycles. The molecule has 15 heavy (non-hydrogen) atoms. The highest BCUT2D eigenvalue weighted by Gasteiger charge is 2.10. The van der Waals surface area contributed by atoms with Crippen molar-refractivity contribution in [2.75, 3.05) is 13.1 Å². The average Bonchev–Trinajstić information content (AvgIpc) is 2.27. The van der Waals surface area contributed by atoms with Crippen LogP contribution in [0.15, 0.2) is 0 Å². The zero-order valence-electron chi connectivity index (χ0n) is 10.7. The van der Waals surface area contributed by atoms with Crippen molar-refractivity contribution in [2.45, 2.75) is 65.3 Å². The molecule has 90 valence electrons. The number of hydrogen-bond donors (Lipinski definition) is 0. The van der Waals surface area contributed by atoms with Crippen LogP contribution in [0.1, 0.15) is 59.3 Å². The number of nitrogens with zero attached hydrogens (tertiary/aromatic N) is 1. The Balaban J connectivity index is 3.73. The molecule has 0 aromatic rings. The van der Waals surface area contributed by atoms with E-state index in [9.17, 15) is 4.79 Å². The van der Waals surface area contributed by atoms with E-state index < -0.39 is 0 Å². The van der Waals surface area contributed by atoms with E-state index >= 15 is 0 Å².